The fourth-order valence-electron chi connectivity index (χ4n) is 1.02. The van der Waals surface area contributed by atoms with Gasteiger partial charge in [0.2, 0.25) is 0 Å². The zero-order valence-corrected chi connectivity index (χ0v) is 5.75. The van der Waals surface area contributed by atoms with Crippen LogP contribution in [0.5, 0.6) is 0 Å². The number of hydrogen-bond acceptors (Lipinski definition) is 6. The molecule has 66 valence electrons. The molecule has 0 bridgehead atoms. The Labute approximate surface area is 63.1 Å². The fourth-order valence-corrected chi connectivity index (χ4v) is 1.02. The van der Waals surface area contributed by atoms with Crippen molar-refractivity contribution in [2.24, 2.45) is 5.90 Å². The summed E-state index contributed by atoms with van der Waals surface area (Å²) >= 11 is 0. The van der Waals surface area contributed by atoms with Crippen LogP contribution in [0, 0.1) is 0 Å². The molecule has 0 radical (unpaired) electrons. The zero-order chi connectivity index (χ0) is 8.43. The number of nitrogens with two attached hydrogens (primary N) is 1. The van der Waals surface area contributed by atoms with Gasteiger partial charge in [0.25, 0.3) is 0 Å². The summed E-state index contributed by atoms with van der Waals surface area (Å²) in [4.78, 5) is 4.23. The molecule has 1 heterocycles. The van der Waals surface area contributed by atoms with Gasteiger partial charge in [-0.1, -0.05) is 0 Å². The topological polar surface area (TPSA) is 105 Å². The van der Waals surface area contributed by atoms with E-state index in [0.29, 0.717) is 0 Å². The molecule has 1 aliphatic rings. The van der Waals surface area contributed by atoms with E-state index in [1.165, 1.54) is 0 Å². The van der Waals surface area contributed by atoms with Crippen molar-refractivity contribution >= 4 is 0 Å². The van der Waals surface area contributed by atoms with Crippen molar-refractivity contribution in [1.82, 2.24) is 0 Å². The molecule has 1 unspecified atom stereocenters. The van der Waals surface area contributed by atoms with Gasteiger partial charge in [-0.2, -0.15) is 0 Å². The summed E-state index contributed by atoms with van der Waals surface area (Å²) in [6.07, 6.45) is -4.15. The molecule has 4 atom stereocenters. The minimum absolute atomic E-state index is 0.377. The first-order valence-corrected chi connectivity index (χ1v) is 3.18. The first-order valence-electron chi connectivity index (χ1n) is 3.18. The maximum Gasteiger partial charge on any atom is 0.186 e. The summed E-state index contributed by atoms with van der Waals surface area (Å²) in [6, 6.07) is 0. The normalized spacial score (nSPS) is 44.7. The Kier molecular flexibility index (Phi) is 2.77. The minimum Gasteiger partial charge on any atom is -0.394 e. The van der Waals surface area contributed by atoms with Crippen molar-refractivity contribution in [3.63, 3.8) is 0 Å². The second-order valence-electron chi connectivity index (χ2n) is 2.34. The molecule has 0 spiro atoms. The van der Waals surface area contributed by atoms with Crippen LogP contribution in [-0.2, 0) is 9.57 Å². The summed E-state index contributed by atoms with van der Waals surface area (Å²) in [6.45, 7) is -0.377. The summed E-state index contributed by atoms with van der Waals surface area (Å²) < 4.78 is 4.68. The quantitative estimate of drug-likeness (QED) is 0.332. The van der Waals surface area contributed by atoms with Gasteiger partial charge in [0.1, 0.15) is 12.2 Å². The zero-order valence-electron chi connectivity index (χ0n) is 5.75. The Morgan fingerprint density at radius 2 is 2.09 bits per heavy atom. The van der Waals surface area contributed by atoms with Crippen LogP contribution < -0.4 is 5.90 Å². The van der Waals surface area contributed by atoms with Crippen LogP contribution in [-0.4, -0.2) is 46.5 Å². The van der Waals surface area contributed by atoms with E-state index in [-0.39, 0.29) is 6.61 Å². The SMILES string of the molecule is NO[C@H]1C(O)O[C@H](CO)[C@H]1O. The molecule has 6 nitrogen and oxygen atoms in total. The summed E-state index contributed by atoms with van der Waals surface area (Å²) in [5.41, 5.74) is 0. The predicted octanol–water partition coefficient (Wildman–Crippen LogP) is -2.68. The highest BCUT2D eigenvalue weighted by atomic mass is 16.7. The van der Waals surface area contributed by atoms with Crippen LogP contribution in [0.25, 0.3) is 0 Å². The van der Waals surface area contributed by atoms with E-state index in [4.69, 9.17) is 21.2 Å². The molecule has 1 rings (SSSR count). The van der Waals surface area contributed by atoms with Gasteiger partial charge in [0.05, 0.1) is 6.61 Å². The number of hydrogen-bond donors (Lipinski definition) is 4. The van der Waals surface area contributed by atoms with E-state index in [1.54, 1.807) is 0 Å². The van der Waals surface area contributed by atoms with Crippen molar-refractivity contribution < 1.29 is 24.9 Å². The average molecular weight is 165 g/mol. The highest BCUT2D eigenvalue weighted by Crippen LogP contribution is 2.20. The Hall–Kier alpha value is -0.240. The second-order valence-corrected chi connectivity index (χ2v) is 2.34. The lowest BCUT2D eigenvalue weighted by Crippen LogP contribution is -2.38. The Balaban J connectivity index is 2.55. The van der Waals surface area contributed by atoms with E-state index >= 15 is 0 Å². The molecule has 0 aromatic carbocycles. The van der Waals surface area contributed by atoms with Crippen molar-refractivity contribution in [1.29, 1.82) is 0 Å². The minimum atomic E-state index is -1.27. The molecule has 6 heteroatoms. The van der Waals surface area contributed by atoms with Gasteiger partial charge >= 0.3 is 0 Å². The monoisotopic (exact) mass is 165 g/mol. The second kappa shape index (κ2) is 3.44. The molecular weight excluding hydrogens is 154 g/mol. The van der Waals surface area contributed by atoms with Crippen molar-refractivity contribution in [2.45, 2.75) is 24.6 Å². The summed E-state index contributed by atoms with van der Waals surface area (Å²) in [5, 5.41) is 26.7. The lowest BCUT2D eigenvalue weighted by atomic mass is 10.1. The molecule has 0 aromatic rings. The molecule has 0 amide bonds. The lowest BCUT2D eigenvalue weighted by Gasteiger charge is -2.13. The van der Waals surface area contributed by atoms with E-state index in [2.05, 4.69) is 9.57 Å². The van der Waals surface area contributed by atoms with Gasteiger partial charge in [0.15, 0.2) is 12.4 Å². The molecule has 1 saturated heterocycles. The molecule has 11 heavy (non-hydrogen) atoms. The Morgan fingerprint density at radius 1 is 1.45 bits per heavy atom. The lowest BCUT2D eigenvalue weighted by molar-refractivity contribution is -0.148. The third-order valence-electron chi connectivity index (χ3n) is 1.65. The molecule has 1 aliphatic heterocycles. The standard InChI is InChI=1S/C5H11NO5/c6-11-4-3(8)2(1-7)10-5(4)9/h2-5,7-9H,1,6H2/t2-,3-,4-,5?/m1/s1. The molecule has 0 aliphatic carbocycles. The summed E-state index contributed by atoms with van der Waals surface area (Å²) in [5.74, 6) is 4.75. The van der Waals surface area contributed by atoms with E-state index < -0.39 is 24.6 Å². The molecule has 5 N–H and O–H groups in total. The highest BCUT2D eigenvalue weighted by molar-refractivity contribution is 4.85. The van der Waals surface area contributed by atoms with Crippen LogP contribution in [0.15, 0.2) is 0 Å². The number of aliphatic hydroxyl groups is 3. The van der Waals surface area contributed by atoms with Crippen molar-refractivity contribution in [3.05, 3.63) is 0 Å². The largest absolute Gasteiger partial charge is 0.394 e. The number of rotatable bonds is 2. The van der Waals surface area contributed by atoms with E-state index in [1.807, 2.05) is 0 Å². The van der Waals surface area contributed by atoms with Gasteiger partial charge in [-0.05, 0) is 0 Å². The van der Waals surface area contributed by atoms with Crippen LogP contribution in [0.4, 0.5) is 0 Å². The molecule has 1 fully saturated rings. The van der Waals surface area contributed by atoms with Crippen molar-refractivity contribution in [2.75, 3.05) is 6.61 Å². The van der Waals surface area contributed by atoms with E-state index in [0.717, 1.165) is 0 Å². The van der Waals surface area contributed by atoms with Crippen LogP contribution in [0.3, 0.4) is 0 Å². The van der Waals surface area contributed by atoms with Crippen LogP contribution in [0.2, 0.25) is 0 Å². The Bertz CT molecular complexity index is 132. The Morgan fingerprint density at radius 3 is 2.36 bits per heavy atom. The number of aliphatic hydroxyl groups excluding tert-OH is 3. The maximum absolute atomic E-state index is 9.17. The van der Waals surface area contributed by atoms with Crippen molar-refractivity contribution in [3.8, 4) is 0 Å². The van der Waals surface area contributed by atoms with Gasteiger partial charge in [-0.25, -0.2) is 5.90 Å². The first kappa shape index (κ1) is 8.85. The fraction of sp³-hybridized carbons (Fsp3) is 1.00. The van der Waals surface area contributed by atoms with E-state index in [9.17, 15) is 0 Å². The number of ether oxygens (including phenoxy) is 1. The predicted molar refractivity (Wildman–Crippen MR) is 33.0 cm³/mol. The third-order valence-corrected chi connectivity index (χ3v) is 1.65. The smallest absolute Gasteiger partial charge is 0.186 e. The van der Waals surface area contributed by atoms with Gasteiger partial charge in [-0.15, -0.1) is 0 Å². The maximum atomic E-state index is 9.17. The summed E-state index contributed by atoms with van der Waals surface area (Å²) in [7, 11) is 0. The first-order chi connectivity index (χ1) is 5.20. The van der Waals surface area contributed by atoms with Gasteiger partial charge in [0, 0.05) is 0 Å². The molecule has 0 aromatic heterocycles. The average Bonchev–Trinajstić information content (AvgIpc) is 2.26. The van der Waals surface area contributed by atoms with Gasteiger partial charge < -0.3 is 20.1 Å². The third kappa shape index (κ3) is 1.51. The molecular formula is C5H11NO5. The van der Waals surface area contributed by atoms with Gasteiger partial charge in [-0.3, -0.25) is 4.84 Å². The highest BCUT2D eigenvalue weighted by Gasteiger charge is 2.43. The van der Waals surface area contributed by atoms with Crippen LogP contribution >= 0.6 is 0 Å². The molecule has 0 saturated carbocycles. The van der Waals surface area contributed by atoms with Crippen LogP contribution in [0.1, 0.15) is 0 Å².